The fourth-order valence-electron chi connectivity index (χ4n) is 3.53. The van der Waals surface area contributed by atoms with Crippen molar-refractivity contribution in [2.45, 2.75) is 20.4 Å². The predicted molar refractivity (Wildman–Crippen MR) is 118 cm³/mol. The minimum Gasteiger partial charge on any atom is -0.378 e. The Hall–Kier alpha value is -1.86. The number of benzene rings is 1. The molecule has 1 aliphatic heterocycles. The van der Waals surface area contributed by atoms with Gasteiger partial charge < -0.3 is 15.0 Å². The second-order valence-corrected chi connectivity index (χ2v) is 8.53. The first-order valence-electron chi connectivity index (χ1n) is 9.89. The van der Waals surface area contributed by atoms with Gasteiger partial charge in [0.25, 0.3) is 0 Å². The van der Waals surface area contributed by atoms with E-state index in [2.05, 4.69) is 46.5 Å². The SMILES string of the molecule is CC(C)CNCc1cc2nnc(N3CCOCC3)n2cc1-c1ccc(Cl)cc1Cl. The highest BCUT2D eigenvalue weighted by Crippen LogP contribution is 2.34. The summed E-state index contributed by atoms with van der Waals surface area (Å²) in [6, 6.07) is 7.71. The molecule has 0 amide bonds. The number of aromatic nitrogens is 3. The molecule has 0 aliphatic carbocycles. The first-order valence-corrected chi connectivity index (χ1v) is 10.6. The smallest absolute Gasteiger partial charge is 0.231 e. The van der Waals surface area contributed by atoms with Gasteiger partial charge in [-0.25, -0.2) is 0 Å². The number of nitrogens with zero attached hydrogens (tertiary/aromatic N) is 4. The molecule has 29 heavy (non-hydrogen) atoms. The number of morpholine rings is 1. The molecular formula is C21H25Cl2N5O. The van der Waals surface area contributed by atoms with Crippen molar-refractivity contribution >= 4 is 34.8 Å². The van der Waals surface area contributed by atoms with Gasteiger partial charge in [-0.1, -0.05) is 43.1 Å². The number of rotatable bonds is 6. The summed E-state index contributed by atoms with van der Waals surface area (Å²) < 4.78 is 7.51. The van der Waals surface area contributed by atoms with E-state index in [-0.39, 0.29) is 0 Å². The Kier molecular flexibility index (Phi) is 6.25. The van der Waals surface area contributed by atoms with Crippen molar-refractivity contribution in [2.24, 2.45) is 5.92 Å². The van der Waals surface area contributed by atoms with Crippen molar-refractivity contribution in [1.82, 2.24) is 19.9 Å². The number of pyridine rings is 1. The van der Waals surface area contributed by atoms with Gasteiger partial charge in [0.05, 0.1) is 13.2 Å². The van der Waals surface area contributed by atoms with Crippen molar-refractivity contribution in [3.8, 4) is 11.1 Å². The van der Waals surface area contributed by atoms with E-state index in [9.17, 15) is 0 Å². The van der Waals surface area contributed by atoms with Crippen LogP contribution in [-0.4, -0.2) is 47.4 Å². The van der Waals surface area contributed by atoms with Crippen molar-refractivity contribution < 1.29 is 4.74 Å². The molecule has 3 heterocycles. The lowest BCUT2D eigenvalue weighted by Gasteiger charge is -2.26. The van der Waals surface area contributed by atoms with E-state index in [1.165, 1.54) is 0 Å². The van der Waals surface area contributed by atoms with Crippen LogP contribution < -0.4 is 10.2 Å². The van der Waals surface area contributed by atoms with Crippen LogP contribution in [0.2, 0.25) is 10.0 Å². The van der Waals surface area contributed by atoms with Gasteiger partial charge in [0.2, 0.25) is 5.95 Å². The highest BCUT2D eigenvalue weighted by atomic mass is 35.5. The molecule has 3 aromatic rings. The number of hydrogen-bond acceptors (Lipinski definition) is 5. The number of fused-ring (bicyclic) bond motifs is 1. The second-order valence-electron chi connectivity index (χ2n) is 7.69. The summed E-state index contributed by atoms with van der Waals surface area (Å²) in [5.41, 5.74) is 3.94. The lowest BCUT2D eigenvalue weighted by molar-refractivity contribution is 0.122. The lowest BCUT2D eigenvalue weighted by atomic mass is 10.0. The summed E-state index contributed by atoms with van der Waals surface area (Å²) in [6.07, 6.45) is 2.08. The maximum atomic E-state index is 6.56. The van der Waals surface area contributed by atoms with Gasteiger partial charge in [-0.05, 0) is 36.2 Å². The highest BCUT2D eigenvalue weighted by molar-refractivity contribution is 6.36. The number of nitrogens with one attached hydrogen (secondary N) is 1. The summed E-state index contributed by atoms with van der Waals surface area (Å²) in [5.74, 6) is 1.40. The molecular weight excluding hydrogens is 409 g/mol. The highest BCUT2D eigenvalue weighted by Gasteiger charge is 2.19. The molecule has 0 atom stereocenters. The maximum absolute atomic E-state index is 6.56. The average molecular weight is 434 g/mol. The zero-order chi connectivity index (χ0) is 20.4. The molecule has 0 saturated carbocycles. The van der Waals surface area contributed by atoms with Crippen LogP contribution in [0.5, 0.6) is 0 Å². The molecule has 0 bridgehead atoms. The summed E-state index contributed by atoms with van der Waals surface area (Å²) >= 11 is 12.7. The third-order valence-corrected chi connectivity index (χ3v) is 5.54. The van der Waals surface area contributed by atoms with Gasteiger partial charge in [-0.2, -0.15) is 0 Å². The van der Waals surface area contributed by atoms with E-state index in [0.29, 0.717) is 29.2 Å². The molecule has 154 valence electrons. The van der Waals surface area contributed by atoms with Gasteiger partial charge in [-0.15, -0.1) is 10.2 Å². The molecule has 4 rings (SSSR count). The van der Waals surface area contributed by atoms with Crippen LogP contribution in [0.4, 0.5) is 5.95 Å². The quantitative estimate of drug-likeness (QED) is 0.628. The van der Waals surface area contributed by atoms with Crippen LogP contribution in [0.1, 0.15) is 19.4 Å². The molecule has 1 N–H and O–H groups in total. The number of anilines is 1. The largest absolute Gasteiger partial charge is 0.378 e. The van der Waals surface area contributed by atoms with E-state index in [4.69, 9.17) is 27.9 Å². The Bertz CT molecular complexity index is 998. The van der Waals surface area contributed by atoms with E-state index in [0.717, 1.165) is 54.5 Å². The van der Waals surface area contributed by atoms with Crippen LogP contribution in [-0.2, 0) is 11.3 Å². The van der Waals surface area contributed by atoms with Gasteiger partial charge in [0.15, 0.2) is 5.65 Å². The fraction of sp³-hybridized carbons (Fsp3) is 0.429. The van der Waals surface area contributed by atoms with Crippen LogP contribution in [0.15, 0.2) is 30.5 Å². The summed E-state index contributed by atoms with van der Waals surface area (Å²) in [6.45, 7) is 9.04. The Balaban J connectivity index is 1.79. The van der Waals surface area contributed by atoms with Gasteiger partial charge >= 0.3 is 0 Å². The maximum Gasteiger partial charge on any atom is 0.231 e. The van der Waals surface area contributed by atoms with Crippen LogP contribution in [0.25, 0.3) is 16.8 Å². The number of halogens is 2. The zero-order valence-corrected chi connectivity index (χ0v) is 18.2. The summed E-state index contributed by atoms with van der Waals surface area (Å²) in [5, 5.41) is 13.6. The monoisotopic (exact) mass is 433 g/mol. The number of hydrogen-bond donors (Lipinski definition) is 1. The molecule has 0 unspecified atom stereocenters. The Morgan fingerprint density at radius 2 is 1.90 bits per heavy atom. The van der Waals surface area contributed by atoms with Crippen LogP contribution in [0, 0.1) is 5.92 Å². The van der Waals surface area contributed by atoms with Crippen molar-refractivity contribution in [3.63, 3.8) is 0 Å². The first kappa shape index (κ1) is 20.4. The molecule has 1 fully saturated rings. The lowest BCUT2D eigenvalue weighted by Crippen LogP contribution is -2.37. The molecule has 6 nitrogen and oxygen atoms in total. The molecule has 0 radical (unpaired) electrons. The Morgan fingerprint density at radius 1 is 1.10 bits per heavy atom. The third kappa shape index (κ3) is 4.51. The number of ether oxygens (including phenoxy) is 1. The molecule has 1 saturated heterocycles. The van der Waals surface area contributed by atoms with Crippen molar-refractivity contribution in [1.29, 1.82) is 0 Å². The molecule has 2 aromatic heterocycles. The van der Waals surface area contributed by atoms with Gasteiger partial charge in [-0.3, -0.25) is 4.40 Å². The van der Waals surface area contributed by atoms with E-state index >= 15 is 0 Å². The zero-order valence-electron chi connectivity index (χ0n) is 16.7. The Morgan fingerprint density at radius 3 is 2.62 bits per heavy atom. The summed E-state index contributed by atoms with van der Waals surface area (Å²) in [4.78, 5) is 2.20. The molecule has 0 spiro atoms. The van der Waals surface area contributed by atoms with E-state index in [1.54, 1.807) is 6.07 Å². The third-order valence-electron chi connectivity index (χ3n) is 4.99. The van der Waals surface area contributed by atoms with Gasteiger partial charge in [0.1, 0.15) is 0 Å². The predicted octanol–water partition coefficient (Wildman–Crippen LogP) is 4.29. The molecule has 1 aromatic carbocycles. The minimum atomic E-state index is 0.572. The van der Waals surface area contributed by atoms with Gasteiger partial charge in [0, 0.05) is 47.0 Å². The van der Waals surface area contributed by atoms with Crippen molar-refractivity contribution in [2.75, 3.05) is 37.7 Å². The van der Waals surface area contributed by atoms with Crippen LogP contribution in [0.3, 0.4) is 0 Å². The van der Waals surface area contributed by atoms with E-state index < -0.39 is 0 Å². The van der Waals surface area contributed by atoms with E-state index in [1.807, 2.05) is 16.5 Å². The average Bonchev–Trinajstić information content (AvgIpc) is 3.11. The normalized spacial score (nSPS) is 14.9. The first-order chi connectivity index (χ1) is 14.0. The molecule has 8 heteroatoms. The fourth-order valence-corrected chi connectivity index (χ4v) is 4.04. The minimum absolute atomic E-state index is 0.572. The van der Waals surface area contributed by atoms with Crippen molar-refractivity contribution in [3.05, 3.63) is 46.1 Å². The van der Waals surface area contributed by atoms with Crippen LogP contribution >= 0.6 is 23.2 Å². The summed E-state index contributed by atoms with van der Waals surface area (Å²) in [7, 11) is 0. The Labute approximate surface area is 180 Å². The standard InChI is InChI=1S/C21H25Cl2N5O/c1-14(2)11-24-12-15-9-20-25-26-21(27-5-7-29-8-6-27)28(20)13-18(15)17-4-3-16(22)10-19(17)23/h3-4,9-10,13-14,24H,5-8,11-12H2,1-2H3. The second kappa shape index (κ2) is 8.88. The molecule has 1 aliphatic rings. The topological polar surface area (TPSA) is 54.7 Å².